The van der Waals surface area contributed by atoms with Gasteiger partial charge in [-0.1, -0.05) is 70.1 Å². The van der Waals surface area contributed by atoms with E-state index >= 15 is 0 Å². The Labute approximate surface area is 271 Å². The Morgan fingerprint density at radius 2 is 1.72 bits per heavy atom. The number of benzene rings is 3. The van der Waals surface area contributed by atoms with E-state index in [1.807, 2.05) is 0 Å². The zero-order valence-electron chi connectivity index (χ0n) is 22.8. The van der Waals surface area contributed by atoms with Gasteiger partial charge in [-0.15, -0.1) is 0 Å². The summed E-state index contributed by atoms with van der Waals surface area (Å²) in [5.41, 5.74) is 5.55. The molecule has 43 heavy (non-hydrogen) atoms. The molecule has 0 aliphatic rings. The molecule has 0 radical (unpaired) electrons. The van der Waals surface area contributed by atoms with Crippen LogP contribution in [-0.4, -0.2) is 33.9 Å². The summed E-state index contributed by atoms with van der Waals surface area (Å²) in [5.74, 6) is 0.133. The van der Waals surface area contributed by atoms with Gasteiger partial charge in [-0.25, -0.2) is 5.43 Å². The average molecular weight is 686 g/mol. The number of amides is 1. The quantitative estimate of drug-likeness (QED) is 0.0593. The zero-order chi connectivity index (χ0) is 31.4. The Morgan fingerprint density at radius 3 is 2.35 bits per heavy atom. The number of hydrogen-bond acceptors (Lipinski definition) is 7. The first kappa shape index (κ1) is 32.4. The summed E-state index contributed by atoms with van der Waals surface area (Å²) >= 11 is 30.8. The molecule has 1 heterocycles. The van der Waals surface area contributed by atoms with Gasteiger partial charge in [0.1, 0.15) is 33.8 Å². The maximum absolute atomic E-state index is 12.8. The summed E-state index contributed by atoms with van der Waals surface area (Å²) < 4.78 is 12.8. The number of aromatic nitrogens is 2. The molecule has 0 saturated heterocycles. The summed E-state index contributed by atoms with van der Waals surface area (Å²) in [4.78, 5) is 23.6. The molecular weight excluding hydrogens is 664 g/mol. The molecule has 0 spiro atoms. The molecule has 0 saturated carbocycles. The number of nitrogens with zero attached hydrogens (tertiary/aromatic N) is 4. The lowest BCUT2D eigenvalue weighted by molar-refractivity contribution is -0.386. The van der Waals surface area contributed by atoms with E-state index in [1.165, 1.54) is 18.0 Å². The van der Waals surface area contributed by atoms with Crippen LogP contribution in [0, 0.1) is 24.0 Å². The van der Waals surface area contributed by atoms with E-state index in [0.717, 1.165) is 5.56 Å². The average Bonchev–Trinajstić information content (AvgIpc) is 3.27. The monoisotopic (exact) mass is 683 g/mol. The van der Waals surface area contributed by atoms with E-state index in [1.54, 1.807) is 56.3 Å². The number of ether oxygens (including phenoxy) is 2. The first-order chi connectivity index (χ1) is 20.4. The molecule has 0 atom stereocenters. The maximum atomic E-state index is 12.8. The van der Waals surface area contributed by atoms with E-state index in [4.69, 9.17) is 67.5 Å². The minimum Gasteiger partial charge on any atom is -0.496 e. The van der Waals surface area contributed by atoms with Gasteiger partial charge in [0.2, 0.25) is 0 Å². The van der Waals surface area contributed by atoms with Crippen LogP contribution in [0.25, 0.3) is 0 Å². The first-order valence-electron chi connectivity index (χ1n) is 12.3. The molecule has 0 unspecified atom stereocenters. The van der Waals surface area contributed by atoms with Gasteiger partial charge in [0.25, 0.3) is 5.91 Å². The summed E-state index contributed by atoms with van der Waals surface area (Å²) in [7, 11) is 1.51. The highest BCUT2D eigenvalue weighted by molar-refractivity contribution is 6.55. The highest BCUT2D eigenvalue weighted by atomic mass is 35.5. The molecule has 1 aromatic heterocycles. The number of hydrazone groups is 1. The highest BCUT2D eigenvalue weighted by Gasteiger charge is 2.22. The van der Waals surface area contributed by atoms with Crippen molar-refractivity contribution in [3.05, 3.63) is 111 Å². The van der Waals surface area contributed by atoms with E-state index in [-0.39, 0.29) is 49.7 Å². The summed E-state index contributed by atoms with van der Waals surface area (Å²) in [5, 5.41) is 19.7. The molecule has 1 N–H and O–H groups in total. The van der Waals surface area contributed by atoms with Crippen LogP contribution >= 0.6 is 58.0 Å². The Balaban J connectivity index is 1.45. The van der Waals surface area contributed by atoms with Crippen LogP contribution in [0.15, 0.2) is 47.6 Å². The Kier molecular flexibility index (Phi) is 10.4. The van der Waals surface area contributed by atoms with Crippen molar-refractivity contribution in [3.63, 3.8) is 0 Å². The van der Waals surface area contributed by atoms with E-state index in [0.29, 0.717) is 33.8 Å². The van der Waals surface area contributed by atoms with Gasteiger partial charge in [-0.3, -0.25) is 19.6 Å². The van der Waals surface area contributed by atoms with Crippen molar-refractivity contribution in [2.45, 2.75) is 27.0 Å². The fourth-order valence-corrected chi connectivity index (χ4v) is 5.40. The molecular formula is C28H22Cl5N5O5. The number of nitrogens with one attached hydrogen (secondary N) is 1. The van der Waals surface area contributed by atoms with Crippen LogP contribution in [0.1, 0.15) is 38.4 Å². The van der Waals surface area contributed by atoms with Crippen molar-refractivity contribution < 1.29 is 19.2 Å². The predicted molar refractivity (Wildman–Crippen MR) is 168 cm³/mol. The maximum Gasteiger partial charge on any atom is 0.312 e. The fourth-order valence-electron chi connectivity index (χ4n) is 4.17. The molecule has 4 aromatic rings. The second kappa shape index (κ2) is 13.8. The first-order valence-corrected chi connectivity index (χ1v) is 14.2. The van der Waals surface area contributed by atoms with Gasteiger partial charge in [-0.2, -0.15) is 10.2 Å². The Bertz CT molecular complexity index is 1730. The molecule has 1 amide bonds. The number of aryl methyl sites for hydroxylation is 1. The predicted octanol–water partition coefficient (Wildman–Crippen LogP) is 8.07. The Hall–Kier alpha value is -3.54. The van der Waals surface area contributed by atoms with Crippen molar-refractivity contribution in [2.75, 3.05) is 7.11 Å². The lowest BCUT2D eigenvalue weighted by Crippen LogP contribution is -2.18. The number of methoxy groups -OCH3 is 1. The van der Waals surface area contributed by atoms with Gasteiger partial charge in [0.15, 0.2) is 5.75 Å². The molecule has 224 valence electrons. The summed E-state index contributed by atoms with van der Waals surface area (Å²) in [6, 6.07) is 12.0. The minimum atomic E-state index is -0.453. The van der Waals surface area contributed by atoms with E-state index in [9.17, 15) is 14.9 Å². The van der Waals surface area contributed by atoms with Crippen molar-refractivity contribution in [2.24, 2.45) is 5.10 Å². The van der Waals surface area contributed by atoms with Crippen LogP contribution in [-0.2, 0) is 13.2 Å². The third-order valence-electron chi connectivity index (χ3n) is 6.27. The zero-order valence-corrected chi connectivity index (χ0v) is 26.5. The van der Waals surface area contributed by atoms with Gasteiger partial charge in [0, 0.05) is 11.1 Å². The van der Waals surface area contributed by atoms with Crippen LogP contribution in [0.2, 0.25) is 25.1 Å². The minimum absolute atomic E-state index is 0.0115. The largest absolute Gasteiger partial charge is 0.496 e. The number of carbonyl (C=O) groups is 1. The number of carbonyl (C=O) groups excluding carboxylic acids is 1. The van der Waals surface area contributed by atoms with Crippen molar-refractivity contribution in [1.29, 1.82) is 0 Å². The lowest BCUT2D eigenvalue weighted by atomic mass is 10.1. The standard InChI is InChI=1S/C28H22Cl5N5O5/c1-14-26(38(40)41)15(2)37(36-14)12-17-5-4-6-18(10-17)28(39)35-34-11-16-7-8-20(42-3)19(9-16)13-43-27-24(32)22(30)21(29)23(31)25(27)33/h4-11H,12-13H2,1-3H3,(H,35,39)/b34-11+. The van der Waals surface area contributed by atoms with Crippen molar-refractivity contribution in [3.8, 4) is 11.5 Å². The fraction of sp³-hybridized carbons (Fsp3) is 0.179. The van der Waals surface area contributed by atoms with Gasteiger partial charge < -0.3 is 9.47 Å². The number of halogens is 5. The van der Waals surface area contributed by atoms with Crippen LogP contribution in [0.5, 0.6) is 11.5 Å². The highest BCUT2D eigenvalue weighted by Crippen LogP contribution is 2.48. The molecule has 0 bridgehead atoms. The molecule has 0 aliphatic heterocycles. The van der Waals surface area contributed by atoms with Crippen molar-refractivity contribution in [1.82, 2.24) is 15.2 Å². The third-order valence-corrected chi connectivity index (χ3v) is 8.52. The normalized spacial score (nSPS) is 11.2. The SMILES string of the molecule is COc1ccc(/C=N/NC(=O)c2cccc(Cn3nc(C)c([N+](=O)[O-])c3C)c2)cc1COc1c(Cl)c(Cl)c(Cl)c(Cl)c1Cl. The number of rotatable bonds is 10. The van der Waals surface area contributed by atoms with Gasteiger partial charge in [0.05, 0.1) is 39.9 Å². The van der Waals surface area contributed by atoms with E-state index in [2.05, 4.69) is 15.6 Å². The van der Waals surface area contributed by atoms with Gasteiger partial charge >= 0.3 is 5.69 Å². The smallest absolute Gasteiger partial charge is 0.312 e. The number of nitro groups is 1. The molecule has 3 aromatic carbocycles. The molecule has 15 heteroatoms. The summed E-state index contributed by atoms with van der Waals surface area (Å²) in [6.45, 7) is 3.45. The Morgan fingerprint density at radius 1 is 1.05 bits per heavy atom. The molecule has 4 rings (SSSR count). The van der Waals surface area contributed by atoms with Crippen LogP contribution in [0.4, 0.5) is 5.69 Å². The molecule has 0 aliphatic carbocycles. The van der Waals surface area contributed by atoms with E-state index < -0.39 is 10.8 Å². The van der Waals surface area contributed by atoms with Crippen molar-refractivity contribution >= 4 is 75.8 Å². The molecule has 10 nitrogen and oxygen atoms in total. The summed E-state index contributed by atoms with van der Waals surface area (Å²) in [6.07, 6.45) is 1.45. The topological polar surface area (TPSA) is 121 Å². The van der Waals surface area contributed by atoms with Crippen LogP contribution in [0.3, 0.4) is 0 Å². The second-order valence-corrected chi connectivity index (χ2v) is 11.0. The van der Waals surface area contributed by atoms with Crippen LogP contribution < -0.4 is 14.9 Å². The third kappa shape index (κ3) is 7.17. The van der Waals surface area contributed by atoms with Gasteiger partial charge in [-0.05, 0) is 55.3 Å². The second-order valence-electron chi connectivity index (χ2n) is 9.09. The lowest BCUT2D eigenvalue weighted by Gasteiger charge is -2.15. The molecule has 0 fully saturated rings. The number of hydrogen-bond donors (Lipinski definition) is 1.